The molecule has 1 amide bonds. The number of piperidine rings is 1. The number of aromatic nitrogens is 2. The molecular formula is C20H26N4O. The molecule has 1 aromatic heterocycles. The van der Waals surface area contributed by atoms with E-state index < -0.39 is 0 Å². The molecule has 25 heavy (non-hydrogen) atoms. The van der Waals surface area contributed by atoms with Gasteiger partial charge in [-0.15, -0.1) is 0 Å². The lowest BCUT2D eigenvalue weighted by molar-refractivity contribution is 0.0779. The lowest BCUT2D eigenvalue weighted by Crippen LogP contribution is -2.39. The largest absolute Gasteiger partial charge is 0.352 e. The minimum absolute atomic E-state index is 0.103. The first-order valence-electron chi connectivity index (χ1n) is 9.07. The third-order valence-corrected chi connectivity index (χ3v) is 4.86. The van der Waals surface area contributed by atoms with E-state index in [-0.39, 0.29) is 5.91 Å². The number of anilines is 1. The number of benzene rings is 1. The van der Waals surface area contributed by atoms with Gasteiger partial charge in [0.2, 0.25) is 0 Å². The van der Waals surface area contributed by atoms with E-state index in [1.165, 1.54) is 19.3 Å². The van der Waals surface area contributed by atoms with Gasteiger partial charge in [-0.3, -0.25) is 4.79 Å². The second-order valence-corrected chi connectivity index (χ2v) is 6.66. The Hall–Kier alpha value is -2.43. The van der Waals surface area contributed by atoms with Gasteiger partial charge in [-0.1, -0.05) is 37.3 Å². The van der Waals surface area contributed by atoms with Crippen molar-refractivity contribution in [2.75, 3.05) is 18.5 Å². The van der Waals surface area contributed by atoms with Crippen LogP contribution < -0.4 is 4.90 Å². The number of nitrogens with zero attached hydrogens (tertiary/aromatic N) is 4. The molecule has 5 heteroatoms. The number of hydrogen-bond acceptors (Lipinski definition) is 4. The van der Waals surface area contributed by atoms with E-state index in [1.807, 2.05) is 30.3 Å². The zero-order valence-electron chi connectivity index (χ0n) is 15.1. The van der Waals surface area contributed by atoms with Gasteiger partial charge in [0.1, 0.15) is 11.5 Å². The highest BCUT2D eigenvalue weighted by atomic mass is 16.2. The second kappa shape index (κ2) is 8.10. The van der Waals surface area contributed by atoms with Crippen LogP contribution in [0.1, 0.15) is 48.7 Å². The van der Waals surface area contributed by atoms with Crippen LogP contribution in [-0.2, 0) is 6.54 Å². The first kappa shape index (κ1) is 17.4. The number of carbonyl (C=O) groups excluding carboxylic acids is 1. The van der Waals surface area contributed by atoms with E-state index >= 15 is 0 Å². The molecule has 0 bridgehead atoms. The Kier molecular flexibility index (Phi) is 5.64. The van der Waals surface area contributed by atoms with Crippen LogP contribution in [0.5, 0.6) is 0 Å². The van der Waals surface area contributed by atoms with E-state index in [0.717, 1.165) is 24.3 Å². The average Bonchev–Trinajstić information content (AvgIpc) is 2.68. The Morgan fingerprint density at radius 2 is 2.00 bits per heavy atom. The van der Waals surface area contributed by atoms with E-state index in [0.29, 0.717) is 18.3 Å². The van der Waals surface area contributed by atoms with Gasteiger partial charge >= 0.3 is 0 Å². The van der Waals surface area contributed by atoms with Crippen molar-refractivity contribution in [3.8, 4) is 0 Å². The molecule has 1 fully saturated rings. The van der Waals surface area contributed by atoms with Crippen molar-refractivity contribution in [3.63, 3.8) is 0 Å². The Morgan fingerprint density at radius 3 is 2.68 bits per heavy atom. The van der Waals surface area contributed by atoms with Crippen LogP contribution in [0, 0.1) is 0 Å². The minimum atomic E-state index is -0.103. The topological polar surface area (TPSA) is 49.3 Å². The van der Waals surface area contributed by atoms with Gasteiger partial charge in [0.25, 0.3) is 5.91 Å². The van der Waals surface area contributed by atoms with E-state index in [9.17, 15) is 4.79 Å². The molecule has 1 saturated heterocycles. The van der Waals surface area contributed by atoms with Gasteiger partial charge in [0, 0.05) is 26.2 Å². The monoisotopic (exact) mass is 338 g/mol. The summed E-state index contributed by atoms with van der Waals surface area (Å²) < 4.78 is 0. The highest BCUT2D eigenvalue weighted by molar-refractivity contribution is 5.91. The fourth-order valence-electron chi connectivity index (χ4n) is 3.43. The van der Waals surface area contributed by atoms with Gasteiger partial charge in [-0.2, -0.15) is 0 Å². The maximum Gasteiger partial charge on any atom is 0.274 e. The Morgan fingerprint density at radius 1 is 1.20 bits per heavy atom. The zero-order chi connectivity index (χ0) is 17.6. The molecule has 5 nitrogen and oxygen atoms in total. The molecule has 0 radical (unpaired) electrons. The summed E-state index contributed by atoms with van der Waals surface area (Å²) in [6.07, 6.45) is 8.15. The molecule has 0 N–H and O–H groups in total. The molecule has 1 aliphatic rings. The summed E-state index contributed by atoms with van der Waals surface area (Å²) in [5.41, 5.74) is 1.49. The molecule has 132 valence electrons. The summed E-state index contributed by atoms with van der Waals surface area (Å²) in [5, 5.41) is 0. The average molecular weight is 338 g/mol. The van der Waals surface area contributed by atoms with Gasteiger partial charge < -0.3 is 9.80 Å². The number of rotatable bonds is 5. The molecular weight excluding hydrogens is 312 g/mol. The molecule has 3 rings (SSSR count). The van der Waals surface area contributed by atoms with Crippen LogP contribution in [0.4, 0.5) is 5.82 Å². The summed E-state index contributed by atoms with van der Waals surface area (Å²) in [4.78, 5) is 25.5. The first-order valence-corrected chi connectivity index (χ1v) is 9.07. The van der Waals surface area contributed by atoms with Crippen LogP contribution >= 0.6 is 0 Å². The third-order valence-electron chi connectivity index (χ3n) is 4.86. The normalized spacial score (nSPS) is 17.4. The SMILES string of the molecule is CCC1CCCCN1c1cnc(C(=O)N(C)Cc2ccccc2)cn1. The summed E-state index contributed by atoms with van der Waals surface area (Å²) in [5.74, 6) is 0.780. The predicted octanol–water partition coefficient (Wildman–Crippen LogP) is 3.52. The molecule has 0 spiro atoms. The fourth-order valence-corrected chi connectivity index (χ4v) is 3.43. The standard InChI is InChI=1S/C20H26N4O/c1-3-17-11-7-8-12-24(17)19-14-21-18(13-22-19)20(25)23(2)15-16-9-5-4-6-10-16/h4-6,9-10,13-14,17H,3,7-8,11-12,15H2,1-2H3. The van der Waals surface area contributed by atoms with Crippen molar-refractivity contribution in [1.29, 1.82) is 0 Å². The van der Waals surface area contributed by atoms with Crippen molar-refractivity contribution in [1.82, 2.24) is 14.9 Å². The zero-order valence-corrected chi connectivity index (χ0v) is 15.1. The number of hydrogen-bond donors (Lipinski definition) is 0. The lowest BCUT2D eigenvalue weighted by Gasteiger charge is -2.36. The highest BCUT2D eigenvalue weighted by Gasteiger charge is 2.23. The summed E-state index contributed by atoms with van der Waals surface area (Å²) in [6, 6.07) is 10.5. The summed E-state index contributed by atoms with van der Waals surface area (Å²) >= 11 is 0. The van der Waals surface area contributed by atoms with Crippen molar-refractivity contribution in [2.24, 2.45) is 0 Å². The Balaban J connectivity index is 1.68. The molecule has 1 aliphatic heterocycles. The van der Waals surface area contributed by atoms with E-state index in [1.54, 1.807) is 24.3 Å². The molecule has 1 aromatic carbocycles. The number of carbonyl (C=O) groups is 1. The first-order chi connectivity index (χ1) is 12.2. The summed E-state index contributed by atoms with van der Waals surface area (Å²) in [6.45, 7) is 3.80. The van der Waals surface area contributed by atoms with Gasteiger partial charge in [0.05, 0.1) is 12.4 Å². The lowest BCUT2D eigenvalue weighted by atomic mass is 10.0. The van der Waals surface area contributed by atoms with Crippen LogP contribution in [0.2, 0.25) is 0 Å². The fraction of sp³-hybridized carbons (Fsp3) is 0.450. The third kappa shape index (κ3) is 4.16. The Labute approximate surface area is 149 Å². The van der Waals surface area contributed by atoms with Crippen molar-refractivity contribution >= 4 is 11.7 Å². The van der Waals surface area contributed by atoms with Crippen LogP contribution in [0.15, 0.2) is 42.7 Å². The molecule has 2 heterocycles. The highest BCUT2D eigenvalue weighted by Crippen LogP contribution is 2.24. The van der Waals surface area contributed by atoms with E-state index in [2.05, 4.69) is 21.8 Å². The van der Waals surface area contributed by atoms with E-state index in [4.69, 9.17) is 0 Å². The molecule has 2 aromatic rings. The van der Waals surface area contributed by atoms with Gasteiger partial charge in [-0.25, -0.2) is 9.97 Å². The second-order valence-electron chi connectivity index (χ2n) is 6.66. The van der Waals surface area contributed by atoms with Gasteiger partial charge in [0.15, 0.2) is 0 Å². The van der Waals surface area contributed by atoms with Crippen LogP contribution in [0.3, 0.4) is 0 Å². The molecule has 0 saturated carbocycles. The van der Waals surface area contributed by atoms with Crippen molar-refractivity contribution in [2.45, 2.75) is 45.2 Å². The molecule has 0 aliphatic carbocycles. The number of amides is 1. The summed E-state index contributed by atoms with van der Waals surface area (Å²) in [7, 11) is 1.79. The smallest absolute Gasteiger partial charge is 0.274 e. The molecule has 1 atom stereocenters. The van der Waals surface area contributed by atoms with Crippen molar-refractivity contribution < 1.29 is 4.79 Å². The van der Waals surface area contributed by atoms with Crippen LogP contribution in [-0.4, -0.2) is 40.4 Å². The van der Waals surface area contributed by atoms with Crippen molar-refractivity contribution in [3.05, 3.63) is 54.0 Å². The quantitative estimate of drug-likeness (QED) is 0.837. The molecule has 1 unspecified atom stereocenters. The van der Waals surface area contributed by atoms with Crippen LogP contribution in [0.25, 0.3) is 0 Å². The maximum atomic E-state index is 12.6. The van der Waals surface area contributed by atoms with Gasteiger partial charge in [-0.05, 0) is 31.2 Å². The Bertz CT molecular complexity index is 687. The minimum Gasteiger partial charge on any atom is -0.352 e. The maximum absolute atomic E-state index is 12.6. The predicted molar refractivity (Wildman–Crippen MR) is 99.5 cm³/mol.